The van der Waals surface area contributed by atoms with Gasteiger partial charge in [-0.05, 0) is 29.4 Å². The molecule has 0 aliphatic heterocycles. The van der Waals surface area contributed by atoms with E-state index >= 15 is 0 Å². The molecule has 1 heterocycles. The number of hydrogen-bond acceptors (Lipinski definition) is 4. The maximum atomic E-state index is 10.7. The summed E-state index contributed by atoms with van der Waals surface area (Å²) in [4.78, 5) is 12.7. The number of carbonyl (C=O) groups excluding carboxylic acids is 1. The minimum absolute atomic E-state index is 0.456. The van der Waals surface area contributed by atoms with Crippen LogP contribution in [-0.4, -0.2) is 30.4 Å². The van der Waals surface area contributed by atoms with Gasteiger partial charge in [0.1, 0.15) is 0 Å². The molecular weight excluding hydrogens is 198 g/mol. The molecule has 0 saturated carbocycles. The molecule has 0 saturated heterocycles. The van der Waals surface area contributed by atoms with Crippen LogP contribution in [0.3, 0.4) is 0 Å². The monoisotopic (exact) mass is 213 g/mol. The number of hydrogen-bond donors (Lipinski definition) is 2. The highest BCUT2D eigenvalue weighted by Gasteiger charge is 2.12. The molecule has 5 heteroatoms. The van der Waals surface area contributed by atoms with E-state index in [1.165, 1.54) is 5.56 Å². The fourth-order valence-corrected chi connectivity index (χ4v) is 1.84. The van der Waals surface area contributed by atoms with Crippen LogP contribution in [0.1, 0.15) is 5.56 Å². The molecule has 0 radical (unpaired) electrons. The Morgan fingerprint density at radius 3 is 2.93 bits per heavy atom. The topological polar surface area (TPSA) is 72.3 Å². The standard InChI is InChI=1S/C9H15N3OS/c1-12(5-8(10)9(11)13)4-7-2-3-14-6-7/h2-3,6,8H,4-5,10H2,1H3,(H2,11,13). The molecule has 0 aliphatic carbocycles. The Bertz CT molecular complexity index is 286. The molecule has 4 nitrogen and oxygen atoms in total. The van der Waals surface area contributed by atoms with E-state index in [9.17, 15) is 4.79 Å². The average Bonchev–Trinajstić information content (AvgIpc) is 2.56. The molecule has 1 rings (SSSR count). The van der Waals surface area contributed by atoms with Crippen LogP contribution in [0, 0.1) is 0 Å². The number of primary amides is 1. The van der Waals surface area contributed by atoms with Gasteiger partial charge in [0.2, 0.25) is 5.91 Å². The normalized spacial score (nSPS) is 13.1. The van der Waals surface area contributed by atoms with Crippen LogP contribution in [0.25, 0.3) is 0 Å². The molecule has 1 unspecified atom stereocenters. The molecule has 1 aromatic heterocycles. The zero-order chi connectivity index (χ0) is 10.6. The molecule has 14 heavy (non-hydrogen) atoms. The van der Waals surface area contributed by atoms with Crippen LogP contribution < -0.4 is 11.5 Å². The zero-order valence-electron chi connectivity index (χ0n) is 8.14. The summed E-state index contributed by atoms with van der Waals surface area (Å²) >= 11 is 1.66. The van der Waals surface area contributed by atoms with Crippen LogP contribution in [0.4, 0.5) is 0 Å². The van der Waals surface area contributed by atoms with Crippen molar-refractivity contribution in [3.05, 3.63) is 22.4 Å². The van der Waals surface area contributed by atoms with Crippen molar-refractivity contribution in [2.75, 3.05) is 13.6 Å². The highest BCUT2D eigenvalue weighted by atomic mass is 32.1. The van der Waals surface area contributed by atoms with E-state index < -0.39 is 11.9 Å². The Balaban J connectivity index is 2.36. The van der Waals surface area contributed by atoms with Gasteiger partial charge in [-0.1, -0.05) is 0 Å². The zero-order valence-corrected chi connectivity index (χ0v) is 8.96. The van der Waals surface area contributed by atoms with Crippen LogP contribution >= 0.6 is 11.3 Å². The number of rotatable bonds is 5. The fourth-order valence-electron chi connectivity index (χ4n) is 1.18. The van der Waals surface area contributed by atoms with Crippen molar-refractivity contribution in [3.8, 4) is 0 Å². The van der Waals surface area contributed by atoms with Gasteiger partial charge in [0.25, 0.3) is 0 Å². The van der Waals surface area contributed by atoms with Crippen molar-refractivity contribution in [1.82, 2.24) is 4.90 Å². The third-order valence-corrected chi connectivity index (χ3v) is 2.64. The highest BCUT2D eigenvalue weighted by molar-refractivity contribution is 7.07. The maximum Gasteiger partial charge on any atom is 0.235 e. The number of nitrogens with two attached hydrogens (primary N) is 2. The van der Waals surface area contributed by atoms with E-state index in [-0.39, 0.29) is 0 Å². The second-order valence-corrected chi connectivity index (χ2v) is 4.12. The van der Waals surface area contributed by atoms with Crippen LogP contribution in [-0.2, 0) is 11.3 Å². The van der Waals surface area contributed by atoms with Gasteiger partial charge in [0.05, 0.1) is 6.04 Å². The summed E-state index contributed by atoms with van der Waals surface area (Å²) in [5.41, 5.74) is 11.8. The molecule has 0 bridgehead atoms. The van der Waals surface area contributed by atoms with Crippen molar-refractivity contribution in [1.29, 1.82) is 0 Å². The van der Waals surface area contributed by atoms with Gasteiger partial charge in [-0.3, -0.25) is 4.79 Å². The molecule has 0 fully saturated rings. The Hall–Kier alpha value is -0.910. The predicted molar refractivity (Wildman–Crippen MR) is 57.8 cm³/mol. The van der Waals surface area contributed by atoms with Crippen LogP contribution in [0.2, 0.25) is 0 Å². The number of amides is 1. The maximum absolute atomic E-state index is 10.7. The lowest BCUT2D eigenvalue weighted by Crippen LogP contribution is -2.44. The molecule has 78 valence electrons. The lowest BCUT2D eigenvalue weighted by Gasteiger charge is -2.18. The quantitative estimate of drug-likeness (QED) is 0.722. The minimum Gasteiger partial charge on any atom is -0.368 e. The molecular formula is C9H15N3OS. The van der Waals surface area contributed by atoms with E-state index in [0.29, 0.717) is 6.54 Å². The van der Waals surface area contributed by atoms with Gasteiger partial charge >= 0.3 is 0 Å². The van der Waals surface area contributed by atoms with Gasteiger partial charge < -0.3 is 16.4 Å². The van der Waals surface area contributed by atoms with Crippen LogP contribution in [0.15, 0.2) is 16.8 Å². The van der Waals surface area contributed by atoms with Gasteiger partial charge in [-0.2, -0.15) is 11.3 Å². The summed E-state index contributed by atoms with van der Waals surface area (Å²) in [6.45, 7) is 1.29. The summed E-state index contributed by atoms with van der Waals surface area (Å²) in [6.07, 6.45) is 0. The molecule has 4 N–H and O–H groups in total. The molecule has 0 spiro atoms. The van der Waals surface area contributed by atoms with E-state index in [1.807, 2.05) is 17.3 Å². The SMILES string of the molecule is CN(Cc1ccsc1)CC(N)C(N)=O. The highest BCUT2D eigenvalue weighted by Crippen LogP contribution is 2.08. The summed E-state index contributed by atoms with van der Waals surface area (Å²) in [5, 5.41) is 4.10. The van der Waals surface area contributed by atoms with Gasteiger partial charge in [-0.15, -0.1) is 0 Å². The largest absolute Gasteiger partial charge is 0.368 e. The van der Waals surface area contributed by atoms with Gasteiger partial charge in [0.15, 0.2) is 0 Å². The first kappa shape index (κ1) is 11.2. The second-order valence-electron chi connectivity index (χ2n) is 3.34. The number of nitrogens with zero attached hydrogens (tertiary/aromatic N) is 1. The van der Waals surface area contributed by atoms with Gasteiger partial charge in [0, 0.05) is 13.1 Å². The molecule has 0 aromatic carbocycles. The van der Waals surface area contributed by atoms with E-state index in [1.54, 1.807) is 11.3 Å². The number of thiophene rings is 1. The number of carbonyl (C=O) groups is 1. The summed E-state index contributed by atoms with van der Waals surface area (Å²) in [6, 6.07) is 1.47. The van der Waals surface area contributed by atoms with Crippen molar-refractivity contribution < 1.29 is 4.79 Å². The van der Waals surface area contributed by atoms with Crippen LogP contribution in [0.5, 0.6) is 0 Å². The lowest BCUT2D eigenvalue weighted by atomic mass is 10.2. The summed E-state index contributed by atoms with van der Waals surface area (Å²) < 4.78 is 0. The molecule has 0 aliphatic rings. The third-order valence-electron chi connectivity index (χ3n) is 1.91. The first-order valence-electron chi connectivity index (χ1n) is 4.34. The third kappa shape index (κ3) is 3.45. The van der Waals surface area contributed by atoms with E-state index in [2.05, 4.69) is 11.4 Å². The Morgan fingerprint density at radius 2 is 2.43 bits per heavy atom. The van der Waals surface area contributed by atoms with Crippen molar-refractivity contribution in [3.63, 3.8) is 0 Å². The smallest absolute Gasteiger partial charge is 0.235 e. The fraction of sp³-hybridized carbons (Fsp3) is 0.444. The van der Waals surface area contributed by atoms with Crippen molar-refractivity contribution in [2.45, 2.75) is 12.6 Å². The molecule has 1 amide bonds. The Morgan fingerprint density at radius 1 is 1.71 bits per heavy atom. The predicted octanol–water partition coefficient (Wildman–Crippen LogP) is -0.00750. The average molecular weight is 213 g/mol. The first-order valence-corrected chi connectivity index (χ1v) is 5.28. The Kier molecular flexibility index (Phi) is 4.06. The second kappa shape index (κ2) is 5.09. The Labute approximate surface area is 87.5 Å². The van der Waals surface area contributed by atoms with Crippen molar-refractivity contribution in [2.24, 2.45) is 11.5 Å². The van der Waals surface area contributed by atoms with E-state index in [4.69, 9.17) is 11.5 Å². The van der Waals surface area contributed by atoms with E-state index in [0.717, 1.165) is 6.54 Å². The van der Waals surface area contributed by atoms with Gasteiger partial charge in [-0.25, -0.2) is 0 Å². The summed E-state index contributed by atoms with van der Waals surface area (Å²) in [5.74, 6) is -0.456. The van der Waals surface area contributed by atoms with Crippen molar-refractivity contribution >= 4 is 17.2 Å². The molecule has 1 atom stereocenters. The number of likely N-dealkylation sites (N-methyl/N-ethyl adjacent to an activating group) is 1. The minimum atomic E-state index is -0.585. The molecule has 1 aromatic rings. The summed E-state index contributed by atoms with van der Waals surface area (Å²) in [7, 11) is 1.92. The first-order chi connectivity index (χ1) is 6.59. The lowest BCUT2D eigenvalue weighted by molar-refractivity contribution is -0.119.